The van der Waals surface area contributed by atoms with E-state index in [0.29, 0.717) is 32.1 Å². The first kappa shape index (κ1) is 56.0. The highest BCUT2D eigenvalue weighted by atomic mass is 16.4. The Hall–Kier alpha value is -6.17. The molecule has 0 bridgehead atoms. The third kappa shape index (κ3) is 24.2. The van der Waals surface area contributed by atoms with E-state index < -0.39 is 83.9 Å². The zero-order valence-corrected chi connectivity index (χ0v) is 38.5. The third-order valence-electron chi connectivity index (χ3n) is 11.0. The molecule has 6 atom stereocenters. The SMILES string of the molecule is CC(C)C[C@H](NC(=O)[C@H](CC(N)=O)NC(=O)CCCCCCCC(CCCCCCC=O)N[C@@H](CC(N)=O)C(=O)N[C@@H](Cc1ccccc1)C(=O)O)C(=O)N[C@@H](Cc1ccccc1)C(N)=O. The van der Waals surface area contributed by atoms with E-state index in [1.165, 1.54) is 0 Å². The predicted octanol–water partition coefficient (Wildman–Crippen LogP) is 2.37. The third-order valence-corrected chi connectivity index (χ3v) is 11.0. The minimum absolute atomic E-state index is 0.0522. The Morgan fingerprint density at radius 2 is 1.02 bits per heavy atom. The standard InChI is InChI=1S/C48H72N8O10/c1-32(2)27-37(45(62)54-36(44(51)61)28-33-19-11-9-12-20-33)55-47(64)39(31-42(50)59)53-43(60)25-17-7-3-5-15-23-35(24-16-6-4-8-18-26-57)52-38(30-41(49)58)46(63)56-40(48(65)66)29-34-21-13-10-14-22-34/h9-14,19-22,26,32,35-40,52H,3-8,15-18,23-25,27-31H2,1-2H3,(H2,49,58)(H2,50,59)(H2,51,61)(H,53,60)(H,54,62)(H,55,64)(H,56,63)(H,65,66)/t35?,36-,37-,38-,39-,40-/m0/s1. The Morgan fingerprint density at radius 3 is 1.53 bits per heavy atom. The topological polar surface area (TPSA) is 312 Å². The number of hydrogen-bond acceptors (Lipinski definition) is 10. The van der Waals surface area contributed by atoms with Crippen molar-refractivity contribution in [3.63, 3.8) is 0 Å². The van der Waals surface area contributed by atoms with E-state index in [1.807, 2.05) is 19.9 Å². The molecule has 18 nitrogen and oxygen atoms in total. The van der Waals surface area contributed by atoms with E-state index in [9.17, 15) is 48.3 Å². The molecule has 0 aliphatic heterocycles. The lowest BCUT2D eigenvalue weighted by molar-refractivity contribution is -0.142. The first-order valence-electron chi connectivity index (χ1n) is 23.1. The number of aliphatic carboxylic acids is 1. The van der Waals surface area contributed by atoms with Gasteiger partial charge in [-0.3, -0.25) is 33.6 Å². The monoisotopic (exact) mass is 921 g/mol. The van der Waals surface area contributed by atoms with Crippen molar-refractivity contribution >= 4 is 53.6 Å². The molecule has 18 heteroatoms. The van der Waals surface area contributed by atoms with Crippen LogP contribution in [-0.2, 0) is 56.0 Å². The van der Waals surface area contributed by atoms with Crippen LogP contribution in [0.3, 0.4) is 0 Å². The summed E-state index contributed by atoms with van der Waals surface area (Å²) in [6, 6.07) is 11.9. The number of carbonyl (C=O) groups is 9. The number of primary amides is 3. The number of carbonyl (C=O) groups excluding carboxylic acids is 8. The van der Waals surface area contributed by atoms with Crippen LogP contribution in [0.1, 0.15) is 128 Å². The number of carboxylic acids is 1. The van der Waals surface area contributed by atoms with Gasteiger partial charge in [0.1, 0.15) is 30.5 Å². The van der Waals surface area contributed by atoms with Crippen molar-refractivity contribution in [1.82, 2.24) is 26.6 Å². The summed E-state index contributed by atoms with van der Waals surface area (Å²) in [6.07, 6.45) is 8.99. The smallest absolute Gasteiger partial charge is 0.326 e. The van der Waals surface area contributed by atoms with Gasteiger partial charge in [0.25, 0.3) is 0 Å². The van der Waals surface area contributed by atoms with Gasteiger partial charge in [-0.05, 0) is 49.1 Å². The first-order chi connectivity index (χ1) is 31.5. The number of amides is 7. The van der Waals surface area contributed by atoms with E-state index in [1.54, 1.807) is 54.6 Å². The molecule has 2 rings (SSSR count). The highest BCUT2D eigenvalue weighted by Crippen LogP contribution is 2.16. The number of aldehydes is 1. The van der Waals surface area contributed by atoms with Crippen LogP contribution >= 0.6 is 0 Å². The van der Waals surface area contributed by atoms with Crippen LogP contribution in [0.2, 0.25) is 0 Å². The maximum atomic E-state index is 13.5. The molecule has 0 saturated heterocycles. The van der Waals surface area contributed by atoms with Gasteiger partial charge < -0.3 is 53.7 Å². The summed E-state index contributed by atoms with van der Waals surface area (Å²) >= 11 is 0. The lowest BCUT2D eigenvalue weighted by Crippen LogP contribution is -2.57. The predicted molar refractivity (Wildman–Crippen MR) is 249 cm³/mol. The van der Waals surface area contributed by atoms with Crippen LogP contribution in [0.4, 0.5) is 0 Å². The molecule has 0 heterocycles. The fraction of sp³-hybridized carbons (Fsp3) is 0.562. The Kier molecular flexibility index (Phi) is 26.8. The summed E-state index contributed by atoms with van der Waals surface area (Å²) in [4.78, 5) is 112. The number of nitrogens with one attached hydrogen (secondary N) is 5. The van der Waals surface area contributed by atoms with E-state index in [0.717, 1.165) is 62.4 Å². The molecule has 12 N–H and O–H groups in total. The summed E-state index contributed by atoms with van der Waals surface area (Å²) in [5, 5.41) is 23.6. The first-order valence-corrected chi connectivity index (χ1v) is 23.1. The van der Waals surface area contributed by atoms with Crippen LogP contribution in [0, 0.1) is 5.92 Å². The summed E-state index contributed by atoms with van der Waals surface area (Å²) < 4.78 is 0. The summed E-state index contributed by atoms with van der Waals surface area (Å²) in [5.41, 5.74) is 18.0. The highest BCUT2D eigenvalue weighted by Gasteiger charge is 2.31. The molecule has 364 valence electrons. The molecule has 0 aliphatic carbocycles. The van der Waals surface area contributed by atoms with Gasteiger partial charge in [0.2, 0.25) is 41.4 Å². The van der Waals surface area contributed by atoms with Gasteiger partial charge in [0.05, 0.1) is 18.9 Å². The number of rotatable bonds is 36. The van der Waals surface area contributed by atoms with Gasteiger partial charge in [0.15, 0.2) is 0 Å². The number of carboxylic acid groups (broad SMARTS) is 1. The van der Waals surface area contributed by atoms with Crippen LogP contribution in [0.5, 0.6) is 0 Å². The number of unbranched alkanes of at least 4 members (excludes halogenated alkanes) is 8. The van der Waals surface area contributed by atoms with Gasteiger partial charge in [-0.2, -0.15) is 0 Å². The largest absolute Gasteiger partial charge is 0.480 e. The Morgan fingerprint density at radius 1 is 0.561 bits per heavy atom. The van der Waals surface area contributed by atoms with Crippen molar-refractivity contribution in [3.05, 3.63) is 71.8 Å². The molecular formula is C48H72N8O10. The molecule has 0 spiro atoms. The van der Waals surface area contributed by atoms with Gasteiger partial charge in [0, 0.05) is 31.7 Å². The zero-order chi connectivity index (χ0) is 48.9. The van der Waals surface area contributed by atoms with Gasteiger partial charge in [-0.25, -0.2) is 4.79 Å². The molecule has 66 heavy (non-hydrogen) atoms. The normalized spacial score (nSPS) is 13.8. The fourth-order valence-electron chi connectivity index (χ4n) is 7.52. The second-order valence-corrected chi connectivity index (χ2v) is 17.3. The summed E-state index contributed by atoms with van der Waals surface area (Å²) in [5.74, 6) is -6.14. The van der Waals surface area contributed by atoms with Crippen LogP contribution < -0.4 is 43.8 Å². The van der Waals surface area contributed by atoms with Crippen LogP contribution in [-0.4, -0.2) is 95.0 Å². The molecular weight excluding hydrogens is 849 g/mol. The molecule has 0 radical (unpaired) electrons. The van der Waals surface area contributed by atoms with E-state index in [4.69, 9.17) is 17.2 Å². The Bertz CT molecular complexity index is 1850. The molecule has 7 amide bonds. The van der Waals surface area contributed by atoms with Crippen molar-refractivity contribution in [2.75, 3.05) is 0 Å². The Balaban J connectivity index is 1.97. The second kappa shape index (κ2) is 31.7. The van der Waals surface area contributed by atoms with Crippen LogP contribution in [0.15, 0.2) is 60.7 Å². The van der Waals surface area contributed by atoms with Crippen molar-refractivity contribution in [1.29, 1.82) is 0 Å². The molecule has 0 aromatic heterocycles. The van der Waals surface area contributed by atoms with Crippen molar-refractivity contribution in [2.45, 2.75) is 166 Å². The minimum Gasteiger partial charge on any atom is -0.480 e. The highest BCUT2D eigenvalue weighted by molar-refractivity contribution is 5.96. The van der Waals surface area contributed by atoms with Gasteiger partial charge in [-0.1, -0.05) is 119 Å². The Labute approximate surface area is 388 Å². The quantitative estimate of drug-likeness (QED) is 0.0353. The minimum atomic E-state index is -1.34. The van der Waals surface area contributed by atoms with Crippen LogP contribution in [0.25, 0.3) is 0 Å². The summed E-state index contributed by atoms with van der Waals surface area (Å²) in [7, 11) is 0. The average Bonchev–Trinajstić information content (AvgIpc) is 3.25. The lowest BCUT2D eigenvalue weighted by atomic mass is 9.98. The second-order valence-electron chi connectivity index (χ2n) is 17.3. The van der Waals surface area contributed by atoms with E-state index in [2.05, 4.69) is 26.6 Å². The number of nitrogens with two attached hydrogens (primary N) is 3. The lowest BCUT2D eigenvalue weighted by Gasteiger charge is -2.26. The molecule has 2 aromatic rings. The maximum Gasteiger partial charge on any atom is 0.326 e. The van der Waals surface area contributed by atoms with Gasteiger partial charge in [-0.15, -0.1) is 0 Å². The van der Waals surface area contributed by atoms with Gasteiger partial charge >= 0.3 is 5.97 Å². The van der Waals surface area contributed by atoms with E-state index >= 15 is 0 Å². The average molecular weight is 921 g/mol. The number of hydrogen-bond donors (Lipinski definition) is 9. The zero-order valence-electron chi connectivity index (χ0n) is 38.5. The van der Waals surface area contributed by atoms with Crippen molar-refractivity contribution in [3.8, 4) is 0 Å². The molecule has 1 unspecified atom stereocenters. The molecule has 0 saturated carbocycles. The van der Waals surface area contributed by atoms with E-state index in [-0.39, 0.29) is 44.1 Å². The maximum absolute atomic E-state index is 13.5. The summed E-state index contributed by atoms with van der Waals surface area (Å²) in [6.45, 7) is 3.69. The van der Waals surface area contributed by atoms with Crippen molar-refractivity contribution in [2.24, 2.45) is 23.1 Å². The number of benzene rings is 2. The molecule has 2 aromatic carbocycles. The molecule has 0 fully saturated rings. The molecule has 0 aliphatic rings. The fourth-order valence-corrected chi connectivity index (χ4v) is 7.52. The van der Waals surface area contributed by atoms with Crippen molar-refractivity contribution < 1.29 is 48.3 Å².